The minimum absolute atomic E-state index is 0.219. The van der Waals surface area contributed by atoms with Gasteiger partial charge in [-0.25, -0.2) is 14.6 Å². The van der Waals surface area contributed by atoms with Gasteiger partial charge in [0.2, 0.25) is 0 Å². The Bertz CT molecular complexity index is 486. The van der Waals surface area contributed by atoms with Crippen molar-refractivity contribution in [2.45, 2.75) is 19.4 Å². The van der Waals surface area contributed by atoms with Gasteiger partial charge in [0.05, 0.1) is 0 Å². The summed E-state index contributed by atoms with van der Waals surface area (Å²) < 4.78 is 0. The molecule has 1 aliphatic heterocycles. The molecule has 8 heteroatoms. The van der Waals surface area contributed by atoms with E-state index in [1.54, 1.807) is 36.4 Å². The maximum absolute atomic E-state index is 12.4. The zero-order valence-corrected chi connectivity index (χ0v) is 13.0. The molecule has 1 aromatic heterocycles. The van der Waals surface area contributed by atoms with Crippen molar-refractivity contribution in [2.75, 3.05) is 38.1 Å². The number of hydrogen-bond acceptors (Lipinski definition) is 5. The molecule has 1 atom stereocenters. The van der Waals surface area contributed by atoms with Crippen molar-refractivity contribution in [3.8, 4) is 0 Å². The Morgan fingerprint density at radius 2 is 2.10 bits per heavy atom. The zero-order valence-electron chi connectivity index (χ0n) is 12.2. The molecule has 0 aliphatic carbocycles. The van der Waals surface area contributed by atoms with E-state index in [2.05, 4.69) is 9.88 Å². The van der Waals surface area contributed by atoms with E-state index in [1.807, 2.05) is 5.38 Å². The number of carboxylic acids is 1. The fourth-order valence-corrected chi connectivity index (χ4v) is 3.13. The molecule has 2 heterocycles. The molecular formula is C13H20N4O3S. The fourth-order valence-electron chi connectivity index (χ4n) is 2.43. The van der Waals surface area contributed by atoms with Gasteiger partial charge >= 0.3 is 12.0 Å². The third-order valence-electron chi connectivity index (χ3n) is 3.68. The lowest BCUT2D eigenvalue weighted by Gasteiger charge is -2.37. The van der Waals surface area contributed by atoms with Gasteiger partial charge in [0.15, 0.2) is 5.13 Å². The highest BCUT2D eigenvalue weighted by Gasteiger charge is 2.30. The van der Waals surface area contributed by atoms with E-state index in [0.717, 1.165) is 18.2 Å². The van der Waals surface area contributed by atoms with Crippen LogP contribution in [0.3, 0.4) is 0 Å². The van der Waals surface area contributed by atoms with Gasteiger partial charge in [0.1, 0.15) is 6.04 Å². The molecule has 2 amide bonds. The minimum atomic E-state index is -0.963. The predicted octanol–water partition coefficient (Wildman–Crippen LogP) is 1.18. The highest BCUT2D eigenvalue weighted by molar-refractivity contribution is 7.13. The molecule has 1 unspecified atom stereocenters. The highest BCUT2D eigenvalue weighted by Crippen LogP contribution is 2.19. The lowest BCUT2D eigenvalue weighted by Crippen LogP contribution is -2.55. The number of aromatic nitrogens is 1. The van der Waals surface area contributed by atoms with E-state index in [-0.39, 0.29) is 6.03 Å². The van der Waals surface area contributed by atoms with Gasteiger partial charge in [-0.1, -0.05) is 6.92 Å². The normalized spacial score (nSPS) is 16.7. The molecule has 0 spiro atoms. The van der Waals surface area contributed by atoms with Crippen LogP contribution in [0.4, 0.5) is 9.93 Å². The van der Waals surface area contributed by atoms with Crippen LogP contribution >= 0.6 is 11.3 Å². The second kappa shape index (κ2) is 6.75. The number of anilines is 1. The quantitative estimate of drug-likeness (QED) is 0.903. The molecule has 0 bridgehead atoms. The monoisotopic (exact) mass is 312 g/mol. The van der Waals surface area contributed by atoms with E-state index in [4.69, 9.17) is 5.11 Å². The molecule has 1 aromatic rings. The molecule has 0 radical (unpaired) electrons. The van der Waals surface area contributed by atoms with Crippen LogP contribution in [0.25, 0.3) is 0 Å². The Labute approximate surface area is 127 Å². The molecule has 1 saturated heterocycles. The second-order valence-corrected chi connectivity index (χ2v) is 5.82. The number of urea groups is 1. The number of likely N-dealkylation sites (N-methyl/N-ethyl adjacent to an activating group) is 1. The van der Waals surface area contributed by atoms with Gasteiger partial charge < -0.3 is 19.8 Å². The molecule has 2 rings (SSSR count). The first-order chi connectivity index (χ1) is 10.0. The molecule has 116 valence electrons. The molecule has 0 saturated carbocycles. The molecular weight excluding hydrogens is 292 g/mol. The predicted molar refractivity (Wildman–Crippen MR) is 80.8 cm³/mol. The maximum atomic E-state index is 12.4. The van der Waals surface area contributed by atoms with E-state index in [1.165, 1.54) is 4.90 Å². The molecule has 1 aliphatic rings. The SMILES string of the molecule is CCC(C(=O)O)N(C)C(=O)N1CCN(c2nccs2)CC1. The number of carboxylic acid groups (broad SMARTS) is 1. The van der Waals surface area contributed by atoms with Crippen LogP contribution in [0.1, 0.15) is 13.3 Å². The first kappa shape index (κ1) is 15.6. The summed E-state index contributed by atoms with van der Waals surface area (Å²) in [6.45, 7) is 4.37. The van der Waals surface area contributed by atoms with Crippen LogP contribution in [0, 0.1) is 0 Å². The van der Waals surface area contributed by atoms with Crippen LogP contribution in [0.5, 0.6) is 0 Å². The average molecular weight is 312 g/mol. The van der Waals surface area contributed by atoms with E-state index in [9.17, 15) is 9.59 Å². The van der Waals surface area contributed by atoms with Gasteiger partial charge in [-0.15, -0.1) is 11.3 Å². The number of rotatable bonds is 4. The first-order valence-corrected chi connectivity index (χ1v) is 7.81. The lowest BCUT2D eigenvalue weighted by atomic mass is 10.2. The number of hydrogen-bond donors (Lipinski definition) is 1. The van der Waals surface area contributed by atoms with Crippen LogP contribution in [0.15, 0.2) is 11.6 Å². The largest absolute Gasteiger partial charge is 0.480 e. The van der Waals surface area contributed by atoms with Crippen LogP contribution in [-0.4, -0.2) is 71.2 Å². The van der Waals surface area contributed by atoms with E-state index >= 15 is 0 Å². The van der Waals surface area contributed by atoms with Crippen LogP contribution in [0.2, 0.25) is 0 Å². The standard InChI is InChI=1S/C13H20N4O3S/c1-3-10(11(18)19)15(2)13(20)17-7-5-16(6-8-17)12-14-4-9-21-12/h4,9-10H,3,5-8H2,1-2H3,(H,18,19). The Balaban J connectivity index is 1.92. The summed E-state index contributed by atoms with van der Waals surface area (Å²) in [6.07, 6.45) is 2.17. The Morgan fingerprint density at radius 1 is 1.43 bits per heavy atom. The summed E-state index contributed by atoms with van der Waals surface area (Å²) in [5.74, 6) is -0.963. The summed E-state index contributed by atoms with van der Waals surface area (Å²) in [4.78, 5) is 32.9. The Kier molecular flexibility index (Phi) is 5.00. The zero-order chi connectivity index (χ0) is 15.4. The Hall–Kier alpha value is -1.83. The molecule has 1 N–H and O–H groups in total. The van der Waals surface area contributed by atoms with Crippen LogP contribution < -0.4 is 4.90 Å². The number of nitrogens with zero attached hydrogens (tertiary/aromatic N) is 4. The summed E-state index contributed by atoms with van der Waals surface area (Å²) in [5.41, 5.74) is 0. The molecule has 0 aromatic carbocycles. The third kappa shape index (κ3) is 3.44. The minimum Gasteiger partial charge on any atom is -0.480 e. The number of carbonyl (C=O) groups is 2. The summed E-state index contributed by atoms with van der Waals surface area (Å²) in [5, 5.41) is 12.0. The van der Waals surface area contributed by atoms with Gasteiger partial charge in [-0.05, 0) is 6.42 Å². The summed E-state index contributed by atoms with van der Waals surface area (Å²) in [7, 11) is 1.55. The van der Waals surface area contributed by atoms with Crippen molar-refractivity contribution >= 4 is 28.5 Å². The van der Waals surface area contributed by atoms with Gasteiger partial charge in [-0.2, -0.15) is 0 Å². The number of aliphatic carboxylic acids is 1. The van der Waals surface area contributed by atoms with Crippen LogP contribution in [-0.2, 0) is 4.79 Å². The highest BCUT2D eigenvalue weighted by atomic mass is 32.1. The van der Waals surface area contributed by atoms with Crippen molar-refractivity contribution in [1.29, 1.82) is 0 Å². The summed E-state index contributed by atoms with van der Waals surface area (Å²) in [6, 6.07) is -0.988. The van der Waals surface area contributed by atoms with Crippen molar-refractivity contribution < 1.29 is 14.7 Å². The van der Waals surface area contributed by atoms with Gasteiger partial charge in [0.25, 0.3) is 0 Å². The van der Waals surface area contributed by atoms with E-state index < -0.39 is 12.0 Å². The second-order valence-electron chi connectivity index (χ2n) is 4.94. The number of thiazole rings is 1. The van der Waals surface area contributed by atoms with E-state index in [0.29, 0.717) is 19.5 Å². The third-order valence-corrected chi connectivity index (χ3v) is 4.51. The average Bonchev–Trinajstić information content (AvgIpc) is 3.01. The topological polar surface area (TPSA) is 77.0 Å². The summed E-state index contributed by atoms with van der Waals surface area (Å²) >= 11 is 1.58. The molecule has 7 nitrogen and oxygen atoms in total. The van der Waals surface area contributed by atoms with Crippen molar-refractivity contribution in [2.24, 2.45) is 0 Å². The fraction of sp³-hybridized carbons (Fsp3) is 0.615. The smallest absolute Gasteiger partial charge is 0.326 e. The Morgan fingerprint density at radius 3 is 2.57 bits per heavy atom. The first-order valence-electron chi connectivity index (χ1n) is 6.93. The number of piperazine rings is 1. The van der Waals surface area contributed by atoms with Crippen molar-refractivity contribution in [3.05, 3.63) is 11.6 Å². The number of carbonyl (C=O) groups excluding carboxylic acids is 1. The van der Waals surface area contributed by atoms with Crippen molar-refractivity contribution in [1.82, 2.24) is 14.8 Å². The lowest BCUT2D eigenvalue weighted by molar-refractivity contribution is -0.142. The molecule has 1 fully saturated rings. The number of amides is 2. The van der Waals surface area contributed by atoms with Gasteiger partial charge in [-0.3, -0.25) is 0 Å². The maximum Gasteiger partial charge on any atom is 0.326 e. The van der Waals surface area contributed by atoms with Gasteiger partial charge in [0, 0.05) is 44.8 Å². The molecule has 21 heavy (non-hydrogen) atoms. The van der Waals surface area contributed by atoms with Crippen molar-refractivity contribution in [3.63, 3.8) is 0 Å².